The lowest BCUT2D eigenvalue weighted by Gasteiger charge is -2.27. The fourth-order valence-electron chi connectivity index (χ4n) is 3.41. The van der Waals surface area contributed by atoms with Crippen LogP contribution in [-0.4, -0.2) is 23.5 Å². The van der Waals surface area contributed by atoms with E-state index in [9.17, 15) is 4.79 Å². The van der Waals surface area contributed by atoms with Crippen LogP contribution in [0.5, 0.6) is 0 Å². The first-order valence-corrected chi connectivity index (χ1v) is 8.32. The van der Waals surface area contributed by atoms with Crippen molar-refractivity contribution in [3.05, 3.63) is 35.9 Å². The predicted octanol–water partition coefficient (Wildman–Crippen LogP) is 3.33. The highest BCUT2D eigenvalue weighted by molar-refractivity contribution is 5.85. The zero-order valence-corrected chi connectivity index (χ0v) is 13.1. The Morgan fingerprint density at radius 1 is 1.29 bits per heavy atom. The van der Waals surface area contributed by atoms with Crippen molar-refractivity contribution in [1.29, 1.82) is 0 Å². The van der Waals surface area contributed by atoms with E-state index in [1.807, 2.05) is 30.3 Å². The number of hydrogen-bond donors (Lipinski definition) is 1. The fourth-order valence-corrected chi connectivity index (χ4v) is 3.41. The Bertz CT molecular complexity index is 483. The Kier molecular flexibility index (Phi) is 4.29. The van der Waals surface area contributed by atoms with E-state index in [0.29, 0.717) is 5.92 Å². The molecule has 0 spiro atoms. The molecule has 114 valence electrons. The van der Waals surface area contributed by atoms with E-state index < -0.39 is 0 Å². The molecule has 2 fully saturated rings. The molecular weight excluding hydrogens is 260 g/mol. The van der Waals surface area contributed by atoms with Crippen molar-refractivity contribution < 1.29 is 4.79 Å². The van der Waals surface area contributed by atoms with Crippen LogP contribution in [0.15, 0.2) is 30.3 Å². The van der Waals surface area contributed by atoms with Crippen LogP contribution < -0.4 is 5.32 Å². The summed E-state index contributed by atoms with van der Waals surface area (Å²) in [5.41, 5.74) is 1.09. The van der Waals surface area contributed by atoms with Gasteiger partial charge in [0.25, 0.3) is 0 Å². The van der Waals surface area contributed by atoms with Gasteiger partial charge in [-0.1, -0.05) is 50.6 Å². The van der Waals surface area contributed by atoms with Crippen LogP contribution in [0.1, 0.15) is 51.1 Å². The second-order valence-electron chi connectivity index (χ2n) is 6.62. The van der Waals surface area contributed by atoms with Gasteiger partial charge in [-0.2, -0.15) is 0 Å². The summed E-state index contributed by atoms with van der Waals surface area (Å²) in [5, 5.41) is 3.55. The highest BCUT2D eigenvalue weighted by atomic mass is 16.2. The van der Waals surface area contributed by atoms with Gasteiger partial charge in [0, 0.05) is 6.54 Å². The first-order chi connectivity index (χ1) is 10.2. The summed E-state index contributed by atoms with van der Waals surface area (Å²) in [4.78, 5) is 14.9. The molecule has 3 unspecified atom stereocenters. The molecule has 0 aromatic heterocycles. The Morgan fingerprint density at radius 2 is 2.00 bits per heavy atom. The van der Waals surface area contributed by atoms with Crippen LogP contribution in [0.3, 0.4) is 0 Å². The van der Waals surface area contributed by atoms with E-state index in [1.165, 1.54) is 12.8 Å². The SMILES string of the molecule is CCCC1NC(c2ccccc2)C(=O)N1CC(C)C1CC1. The molecule has 3 rings (SSSR count). The van der Waals surface area contributed by atoms with Crippen molar-refractivity contribution in [1.82, 2.24) is 10.2 Å². The fraction of sp³-hybridized carbons (Fsp3) is 0.611. The highest BCUT2D eigenvalue weighted by Gasteiger charge is 2.41. The lowest BCUT2D eigenvalue weighted by Crippen LogP contribution is -2.40. The van der Waals surface area contributed by atoms with Crippen molar-refractivity contribution in [3.8, 4) is 0 Å². The van der Waals surface area contributed by atoms with Crippen molar-refractivity contribution in [3.63, 3.8) is 0 Å². The van der Waals surface area contributed by atoms with E-state index in [2.05, 4.69) is 24.1 Å². The summed E-state index contributed by atoms with van der Waals surface area (Å²) in [6.45, 7) is 5.39. The van der Waals surface area contributed by atoms with E-state index >= 15 is 0 Å². The molecule has 0 radical (unpaired) electrons. The van der Waals surface area contributed by atoms with Gasteiger partial charge in [-0.15, -0.1) is 0 Å². The Morgan fingerprint density at radius 3 is 2.62 bits per heavy atom. The minimum atomic E-state index is -0.158. The number of benzene rings is 1. The summed E-state index contributed by atoms with van der Waals surface area (Å²) in [5.74, 6) is 1.73. The number of nitrogens with one attached hydrogen (secondary N) is 1. The second-order valence-corrected chi connectivity index (χ2v) is 6.62. The Hall–Kier alpha value is -1.35. The first kappa shape index (κ1) is 14.6. The number of nitrogens with zero attached hydrogens (tertiary/aromatic N) is 1. The molecular formula is C18H26N2O. The molecule has 1 saturated carbocycles. The topological polar surface area (TPSA) is 32.3 Å². The van der Waals surface area contributed by atoms with Crippen molar-refractivity contribution in [2.24, 2.45) is 11.8 Å². The molecule has 0 bridgehead atoms. The van der Waals surface area contributed by atoms with Gasteiger partial charge in [0.15, 0.2) is 0 Å². The minimum Gasteiger partial charge on any atom is -0.325 e. The molecule has 1 aromatic carbocycles. The lowest BCUT2D eigenvalue weighted by atomic mass is 10.0. The zero-order valence-electron chi connectivity index (χ0n) is 13.1. The lowest BCUT2D eigenvalue weighted by molar-refractivity contribution is -0.130. The quantitative estimate of drug-likeness (QED) is 0.870. The number of amides is 1. The van der Waals surface area contributed by atoms with Crippen LogP contribution in [0.2, 0.25) is 0 Å². The first-order valence-electron chi connectivity index (χ1n) is 8.32. The number of carbonyl (C=O) groups is 1. The summed E-state index contributed by atoms with van der Waals surface area (Å²) in [6, 6.07) is 9.95. The summed E-state index contributed by atoms with van der Waals surface area (Å²) < 4.78 is 0. The molecule has 3 atom stereocenters. The van der Waals surface area contributed by atoms with Crippen LogP contribution in [0, 0.1) is 11.8 Å². The zero-order chi connectivity index (χ0) is 14.8. The van der Waals surface area contributed by atoms with Gasteiger partial charge in [0.05, 0.1) is 6.17 Å². The Labute approximate surface area is 127 Å². The maximum absolute atomic E-state index is 12.8. The van der Waals surface area contributed by atoms with Crippen LogP contribution in [0.4, 0.5) is 0 Å². The van der Waals surface area contributed by atoms with Gasteiger partial charge >= 0.3 is 0 Å². The average molecular weight is 286 g/mol. The molecule has 21 heavy (non-hydrogen) atoms. The predicted molar refractivity (Wildman–Crippen MR) is 84.6 cm³/mol. The smallest absolute Gasteiger partial charge is 0.245 e. The van der Waals surface area contributed by atoms with Gasteiger partial charge in [-0.3, -0.25) is 10.1 Å². The molecule has 3 heteroatoms. The third kappa shape index (κ3) is 3.13. The number of hydrogen-bond acceptors (Lipinski definition) is 2. The summed E-state index contributed by atoms with van der Waals surface area (Å²) in [6.07, 6.45) is 5.02. The van der Waals surface area contributed by atoms with Crippen LogP contribution >= 0.6 is 0 Å². The van der Waals surface area contributed by atoms with E-state index in [0.717, 1.165) is 30.9 Å². The largest absolute Gasteiger partial charge is 0.325 e. The van der Waals surface area contributed by atoms with Gasteiger partial charge < -0.3 is 4.90 Å². The van der Waals surface area contributed by atoms with E-state index in [-0.39, 0.29) is 18.1 Å². The summed E-state index contributed by atoms with van der Waals surface area (Å²) >= 11 is 0. The van der Waals surface area contributed by atoms with Gasteiger partial charge in [-0.05, 0) is 36.7 Å². The minimum absolute atomic E-state index is 0.158. The van der Waals surface area contributed by atoms with Gasteiger partial charge in [0.2, 0.25) is 5.91 Å². The van der Waals surface area contributed by atoms with Crippen molar-refractivity contribution in [2.45, 2.75) is 51.7 Å². The molecule has 1 N–H and O–H groups in total. The Balaban J connectivity index is 1.75. The van der Waals surface area contributed by atoms with E-state index in [4.69, 9.17) is 0 Å². The normalized spacial score (nSPS) is 27.1. The van der Waals surface area contributed by atoms with Gasteiger partial charge in [0.1, 0.15) is 6.04 Å². The standard InChI is InChI=1S/C18H26N2O/c1-3-7-16-19-17(15-8-5-4-6-9-15)18(21)20(16)12-13(2)14-10-11-14/h4-6,8-9,13-14,16-17,19H,3,7,10-12H2,1-2H3. The molecule has 1 heterocycles. The molecule has 1 aliphatic heterocycles. The molecule has 1 aromatic rings. The maximum atomic E-state index is 12.8. The molecule has 2 aliphatic rings. The number of rotatable bonds is 6. The monoisotopic (exact) mass is 286 g/mol. The third-order valence-electron chi connectivity index (χ3n) is 4.87. The molecule has 3 nitrogen and oxygen atoms in total. The van der Waals surface area contributed by atoms with E-state index in [1.54, 1.807) is 0 Å². The molecule has 1 amide bonds. The number of carbonyl (C=O) groups excluding carboxylic acids is 1. The van der Waals surface area contributed by atoms with Crippen molar-refractivity contribution in [2.75, 3.05) is 6.54 Å². The highest BCUT2D eigenvalue weighted by Crippen LogP contribution is 2.38. The maximum Gasteiger partial charge on any atom is 0.245 e. The van der Waals surface area contributed by atoms with Crippen LogP contribution in [0.25, 0.3) is 0 Å². The van der Waals surface area contributed by atoms with Crippen LogP contribution in [-0.2, 0) is 4.79 Å². The van der Waals surface area contributed by atoms with Gasteiger partial charge in [-0.25, -0.2) is 0 Å². The molecule has 1 aliphatic carbocycles. The third-order valence-corrected chi connectivity index (χ3v) is 4.87. The molecule has 1 saturated heterocycles. The second kappa shape index (κ2) is 6.18. The summed E-state index contributed by atoms with van der Waals surface area (Å²) in [7, 11) is 0. The average Bonchev–Trinajstić information content (AvgIpc) is 3.30. The van der Waals surface area contributed by atoms with Crippen molar-refractivity contribution >= 4 is 5.91 Å².